The second-order valence-corrected chi connectivity index (χ2v) is 8.45. The molecule has 4 nitrogen and oxygen atoms in total. The van der Waals surface area contributed by atoms with Gasteiger partial charge < -0.3 is 10.1 Å². The molecule has 0 unspecified atom stereocenters. The lowest BCUT2D eigenvalue weighted by Gasteiger charge is -2.31. The van der Waals surface area contributed by atoms with Crippen molar-refractivity contribution in [1.29, 1.82) is 0 Å². The highest BCUT2D eigenvalue weighted by molar-refractivity contribution is 7.21. The van der Waals surface area contributed by atoms with Gasteiger partial charge in [-0.2, -0.15) is 0 Å². The molecule has 1 amide bonds. The molecule has 1 atom stereocenters. The molecule has 0 spiro atoms. The molecular weight excluding hydrogens is 368 g/mol. The molecule has 0 saturated carbocycles. The monoisotopic (exact) mass is 394 g/mol. The van der Waals surface area contributed by atoms with Crippen molar-refractivity contribution >= 4 is 27.3 Å². The first-order valence-corrected chi connectivity index (χ1v) is 10.6. The van der Waals surface area contributed by atoms with E-state index in [0.717, 1.165) is 58.9 Å². The number of benzene rings is 2. The van der Waals surface area contributed by atoms with Crippen molar-refractivity contribution in [3.8, 4) is 0 Å². The van der Waals surface area contributed by atoms with Crippen LogP contribution >= 0.6 is 11.3 Å². The van der Waals surface area contributed by atoms with Crippen LogP contribution in [0.25, 0.3) is 10.1 Å². The van der Waals surface area contributed by atoms with Crippen LogP contribution in [-0.4, -0.2) is 43.7 Å². The van der Waals surface area contributed by atoms with E-state index in [1.54, 1.807) is 11.3 Å². The van der Waals surface area contributed by atoms with Gasteiger partial charge in [0.05, 0.1) is 24.1 Å². The zero-order valence-corrected chi connectivity index (χ0v) is 17.2. The Morgan fingerprint density at radius 3 is 2.54 bits per heavy atom. The van der Waals surface area contributed by atoms with Gasteiger partial charge in [0.2, 0.25) is 0 Å². The van der Waals surface area contributed by atoms with E-state index in [1.807, 2.05) is 19.1 Å². The van der Waals surface area contributed by atoms with Crippen LogP contribution in [0.2, 0.25) is 0 Å². The number of thiophene rings is 1. The van der Waals surface area contributed by atoms with Gasteiger partial charge >= 0.3 is 0 Å². The first kappa shape index (κ1) is 19.1. The third kappa shape index (κ3) is 4.12. The SMILES string of the molecule is Cc1ccc([C@@H](CN2CCOCC2)NC(=O)c2sc3ccccc3c2C)cc1. The summed E-state index contributed by atoms with van der Waals surface area (Å²) in [5.74, 6) is 0.0116. The quantitative estimate of drug-likeness (QED) is 0.701. The summed E-state index contributed by atoms with van der Waals surface area (Å²) in [6.45, 7) is 8.23. The van der Waals surface area contributed by atoms with Gasteiger partial charge in [-0.05, 0) is 36.4 Å². The van der Waals surface area contributed by atoms with Gasteiger partial charge in [0, 0.05) is 24.3 Å². The van der Waals surface area contributed by atoms with E-state index >= 15 is 0 Å². The van der Waals surface area contributed by atoms with Crippen molar-refractivity contribution < 1.29 is 9.53 Å². The lowest BCUT2D eigenvalue weighted by molar-refractivity contribution is 0.0332. The van der Waals surface area contributed by atoms with Gasteiger partial charge in [0.1, 0.15) is 0 Å². The minimum atomic E-state index is -0.0455. The molecule has 146 valence electrons. The van der Waals surface area contributed by atoms with Crippen molar-refractivity contribution in [2.75, 3.05) is 32.8 Å². The number of nitrogens with one attached hydrogen (secondary N) is 1. The molecule has 2 heterocycles. The lowest BCUT2D eigenvalue weighted by Crippen LogP contribution is -2.43. The van der Waals surface area contributed by atoms with E-state index in [4.69, 9.17) is 4.74 Å². The molecule has 1 aliphatic heterocycles. The van der Waals surface area contributed by atoms with E-state index in [9.17, 15) is 4.79 Å². The van der Waals surface area contributed by atoms with Crippen molar-refractivity contribution in [2.45, 2.75) is 19.9 Å². The molecule has 1 fully saturated rings. The van der Waals surface area contributed by atoms with Crippen LogP contribution < -0.4 is 5.32 Å². The topological polar surface area (TPSA) is 41.6 Å². The second kappa shape index (κ2) is 8.43. The summed E-state index contributed by atoms with van der Waals surface area (Å²) in [7, 11) is 0. The summed E-state index contributed by atoms with van der Waals surface area (Å²) in [6, 6.07) is 16.6. The van der Waals surface area contributed by atoms with Crippen LogP contribution in [0.5, 0.6) is 0 Å². The maximum Gasteiger partial charge on any atom is 0.262 e. The van der Waals surface area contributed by atoms with Crippen LogP contribution in [0.15, 0.2) is 48.5 Å². The Hall–Kier alpha value is -2.21. The molecule has 0 aliphatic carbocycles. The maximum absolute atomic E-state index is 13.2. The fourth-order valence-corrected chi connectivity index (χ4v) is 4.80. The van der Waals surface area contributed by atoms with Gasteiger partial charge in [0.15, 0.2) is 0 Å². The number of fused-ring (bicyclic) bond motifs is 1. The fraction of sp³-hybridized carbons (Fsp3) is 0.348. The predicted octanol–water partition coefficient (Wildman–Crippen LogP) is 4.32. The Labute approximate surface area is 170 Å². The van der Waals surface area contributed by atoms with Crippen LogP contribution in [0.1, 0.15) is 32.4 Å². The highest BCUT2D eigenvalue weighted by atomic mass is 32.1. The number of aryl methyl sites for hydroxylation is 2. The Bertz CT molecular complexity index is 958. The zero-order chi connectivity index (χ0) is 19.5. The summed E-state index contributed by atoms with van der Waals surface area (Å²) < 4.78 is 6.63. The number of ether oxygens (including phenoxy) is 1. The summed E-state index contributed by atoms with van der Waals surface area (Å²) in [5.41, 5.74) is 3.43. The number of carbonyl (C=O) groups is 1. The Morgan fingerprint density at radius 2 is 1.82 bits per heavy atom. The summed E-state index contributed by atoms with van der Waals surface area (Å²) in [4.78, 5) is 16.4. The molecule has 1 N–H and O–H groups in total. The molecule has 0 radical (unpaired) electrons. The Morgan fingerprint density at radius 1 is 1.11 bits per heavy atom. The minimum Gasteiger partial charge on any atom is -0.379 e. The molecule has 2 aromatic carbocycles. The van der Waals surface area contributed by atoms with E-state index in [-0.39, 0.29) is 11.9 Å². The van der Waals surface area contributed by atoms with Crippen LogP contribution in [0.3, 0.4) is 0 Å². The number of nitrogens with zero attached hydrogens (tertiary/aromatic N) is 1. The van der Waals surface area contributed by atoms with Gasteiger partial charge in [-0.25, -0.2) is 0 Å². The van der Waals surface area contributed by atoms with Crippen molar-refractivity contribution in [1.82, 2.24) is 10.2 Å². The van der Waals surface area contributed by atoms with Crippen molar-refractivity contribution in [3.05, 3.63) is 70.1 Å². The third-order valence-corrected chi connectivity index (χ3v) is 6.65. The van der Waals surface area contributed by atoms with Gasteiger partial charge in [-0.1, -0.05) is 48.0 Å². The van der Waals surface area contributed by atoms with Gasteiger partial charge in [-0.15, -0.1) is 11.3 Å². The van der Waals surface area contributed by atoms with Crippen LogP contribution in [0, 0.1) is 13.8 Å². The fourth-order valence-electron chi connectivity index (χ4n) is 3.69. The van der Waals surface area contributed by atoms with Gasteiger partial charge in [-0.3, -0.25) is 9.69 Å². The molecule has 4 rings (SSSR count). The number of amides is 1. The third-order valence-electron chi connectivity index (χ3n) is 5.38. The number of morpholine rings is 1. The van der Waals surface area contributed by atoms with E-state index in [0.29, 0.717) is 0 Å². The number of rotatable bonds is 5. The maximum atomic E-state index is 13.2. The number of hydrogen-bond donors (Lipinski definition) is 1. The summed E-state index contributed by atoms with van der Waals surface area (Å²) in [6.07, 6.45) is 0. The van der Waals surface area contributed by atoms with Crippen molar-refractivity contribution in [2.24, 2.45) is 0 Å². The first-order chi connectivity index (χ1) is 13.6. The molecular formula is C23H26N2O2S. The van der Waals surface area contributed by atoms with Crippen LogP contribution in [-0.2, 0) is 4.74 Å². The van der Waals surface area contributed by atoms with Crippen molar-refractivity contribution in [3.63, 3.8) is 0 Å². The zero-order valence-electron chi connectivity index (χ0n) is 16.4. The predicted molar refractivity (Wildman–Crippen MR) is 115 cm³/mol. The first-order valence-electron chi connectivity index (χ1n) is 9.77. The van der Waals surface area contributed by atoms with Crippen LogP contribution in [0.4, 0.5) is 0 Å². The highest BCUT2D eigenvalue weighted by Gasteiger charge is 2.23. The smallest absolute Gasteiger partial charge is 0.262 e. The number of hydrogen-bond acceptors (Lipinski definition) is 4. The lowest BCUT2D eigenvalue weighted by atomic mass is 10.0. The molecule has 1 aromatic heterocycles. The molecule has 28 heavy (non-hydrogen) atoms. The van der Waals surface area contributed by atoms with Gasteiger partial charge in [0.25, 0.3) is 5.91 Å². The molecule has 0 bridgehead atoms. The summed E-state index contributed by atoms with van der Waals surface area (Å²) >= 11 is 1.57. The largest absolute Gasteiger partial charge is 0.379 e. The normalized spacial score (nSPS) is 16.2. The standard InChI is InChI=1S/C23H26N2O2S/c1-16-7-9-18(10-8-16)20(15-25-11-13-27-14-12-25)24-23(26)22-17(2)19-5-3-4-6-21(19)28-22/h3-10,20H,11-15H2,1-2H3,(H,24,26)/t20-/m1/s1. The highest BCUT2D eigenvalue weighted by Crippen LogP contribution is 2.31. The molecule has 5 heteroatoms. The van der Waals surface area contributed by atoms with E-state index in [1.165, 1.54) is 5.56 Å². The molecule has 3 aromatic rings. The number of carbonyl (C=O) groups excluding carboxylic acids is 1. The summed E-state index contributed by atoms with van der Waals surface area (Å²) in [5, 5.41) is 4.47. The molecule has 1 saturated heterocycles. The Balaban J connectivity index is 1.59. The average molecular weight is 395 g/mol. The van der Waals surface area contributed by atoms with E-state index < -0.39 is 0 Å². The Kier molecular flexibility index (Phi) is 5.76. The van der Waals surface area contributed by atoms with E-state index in [2.05, 4.69) is 53.5 Å². The average Bonchev–Trinajstić information content (AvgIpc) is 3.06. The molecule has 1 aliphatic rings. The second-order valence-electron chi connectivity index (χ2n) is 7.40. The minimum absolute atomic E-state index is 0.0116.